The van der Waals surface area contributed by atoms with E-state index in [2.05, 4.69) is 67.8 Å². The summed E-state index contributed by atoms with van der Waals surface area (Å²) < 4.78 is 75.0. The summed E-state index contributed by atoms with van der Waals surface area (Å²) in [5, 5.41) is 10.5. The van der Waals surface area contributed by atoms with Crippen molar-refractivity contribution in [3.8, 4) is 0 Å². The van der Waals surface area contributed by atoms with E-state index in [0.29, 0.717) is 11.3 Å². The van der Waals surface area contributed by atoms with E-state index in [4.69, 9.17) is 5.73 Å². The van der Waals surface area contributed by atoms with Crippen molar-refractivity contribution in [2.45, 2.75) is 82.9 Å². The Morgan fingerprint density at radius 2 is 1.33 bits per heavy atom. The molecule has 0 saturated carbocycles. The van der Waals surface area contributed by atoms with Crippen molar-refractivity contribution >= 4 is 56.7 Å². The van der Waals surface area contributed by atoms with E-state index >= 15 is 0 Å². The van der Waals surface area contributed by atoms with Crippen molar-refractivity contribution in [3.63, 3.8) is 0 Å². The molecule has 6 nitrogen and oxygen atoms in total. The van der Waals surface area contributed by atoms with Gasteiger partial charge in [-0.05, 0) is 30.5 Å². The van der Waals surface area contributed by atoms with E-state index in [9.17, 15) is 36.2 Å². The van der Waals surface area contributed by atoms with Crippen LogP contribution in [0.3, 0.4) is 0 Å². The van der Waals surface area contributed by atoms with Gasteiger partial charge in [-0.3, -0.25) is 14.6 Å². The minimum absolute atomic E-state index is 0. The fourth-order valence-corrected chi connectivity index (χ4v) is 15.8. The minimum Gasteiger partial charge on any atom is -1.00 e. The average Bonchev–Trinajstić information content (AvgIpc) is 2.90. The molecule has 2 aromatic rings. The molecule has 0 radical (unpaired) electrons. The molecule has 0 spiro atoms. The third-order valence-corrected chi connectivity index (χ3v) is 14.8. The van der Waals surface area contributed by atoms with Crippen LogP contribution in [-0.2, 0) is 10.4 Å². The van der Waals surface area contributed by atoms with Crippen LogP contribution in [0.25, 0.3) is 0 Å². The number of rotatable bonds is 6. The molecule has 0 aromatic heterocycles. The molecule has 0 aliphatic carbocycles. The molecule has 0 atom stereocenters. The minimum atomic E-state index is -4.19. The number of alkyl halides is 6. The number of nitrogen functional groups attached to an aromatic ring is 1. The number of piperidine rings is 2. The van der Waals surface area contributed by atoms with Gasteiger partial charge in [0.15, 0.2) is 0 Å². The SMILES string of the molecule is C[Si](C)(C)N(c1c[c-]ccc1)[Si](C)(C)C.Nc1cccc(C2(O)CCN(CC(F)(F)F)CC2)c1.O=C1CCN(CC(F)(F)F)CC1.[Cl-].[Mg+2]. The Morgan fingerprint density at radius 1 is 0.854 bits per heavy atom. The number of hydrogen-bond acceptors (Lipinski definition) is 6. The molecule has 0 bridgehead atoms. The second-order valence-electron chi connectivity index (χ2n) is 13.9. The molecule has 2 saturated heterocycles. The Kier molecular flexibility index (Phi) is 18.8. The van der Waals surface area contributed by atoms with Crippen LogP contribution in [0.15, 0.2) is 48.5 Å². The summed E-state index contributed by atoms with van der Waals surface area (Å²) in [7, 11) is -2.58. The number of Topliss-reactive ketones (excluding diaryl/α,β-unsaturated/α-hetero) is 1. The van der Waals surface area contributed by atoms with Gasteiger partial charge in [-0.25, -0.2) is 0 Å². The van der Waals surface area contributed by atoms with Crippen molar-refractivity contribution in [1.29, 1.82) is 0 Å². The van der Waals surface area contributed by atoms with Crippen molar-refractivity contribution in [1.82, 2.24) is 9.80 Å². The first-order valence-corrected chi connectivity index (χ1v) is 22.3. The van der Waals surface area contributed by atoms with Crippen LogP contribution >= 0.6 is 0 Å². The maximum absolute atomic E-state index is 12.3. The van der Waals surface area contributed by atoms with E-state index in [1.807, 2.05) is 6.07 Å². The maximum Gasteiger partial charge on any atom is 2.00 e. The van der Waals surface area contributed by atoms with Crippen LogP contribution in [-0.4, -0.2) is 112 Å². The van der Waals surface area contributed by atoms with Crippen LogP contribution in [0.4, 0.5) is 37.7 Å². The standard InChI is InChI=1S/C13H17F3N2O.C12H22NSi2.C7H10F3NO.ClH.Mg/c14-13(15,16)9-18-6-4-12(19,5-7-18)10-2-1-3-11(17)8-10;1-14(2,3)13(15(4,5)6)12-10-8-7-9-11-12;8-7(9,10)5-11-3-1-6(12)2-4-11;;/h1-3,8,19H,4-7,9,17H2;7-8,10-11H,1-6H3;1-5H2;1H;/q;-1;;;+2/p-1. The van der Waals surface area contributed by atoms with E-state index in [0.717, 1.165) is 0 Å². The molecule has 2 aliphatic rings. The summed E-state index contributed by atoms with van der Waals surface area (Å²) >= 11 is 0. The molecule has 0 amide bonds. The number of carbonyl (C=O) groups is 1. The van der Waals surface area contributed by atoms with Crippen LogP contribution in [0, 0.1) is 6.07 Å². The van der Waals surface area contributed by atoms with Gasteiger partial charge in [-0.2, -0.15) is 56.7 Å². The fourth-order valence-electron chi connectivity index (χ4n) is 5.97. The van der Waals surface area contributed by atoms with E-state index in [-0.39, 0.29) is 93.1 Å². The zero-order valence-corrected chi connectivity index (χ0v) is 33.0. The third kappa shape index (κ3) is 17.1. The molecule has 2 heterocycles. The number of hydrogen-bond donors (Lipinski definition) is 2. The first-order chi connectivity index (χ1) is 21.0. The molecule has 2 aliphatic heterocycles. The van der Waals surface area contributed by atoms with Crippen molar-refractivity contribution in [3.05, 3.63) is 60.2 Å². The largest absolute Gasteiger partial charge is 2.00 e. The van der Waals surface area contributed by atoms with Gasteiger partial charge in [0.2, 0.25) is 0 Å². The molecule has 48 heavy (non-hydrogen) atoms. The number of nitrogens with zero attached hydrogens (tertiary/aromatic N) is 3. The van der Waals surface area contributed by atoms with Crippen molar-refractivity contribution in [2.24, 2.45) is 0 Å². The van der Waals surface area contributed by atoms with Crippen molar-refractivity contribution in [2.75, 3.05) is 49.2 Å². The number of likely N-dealkylation sites (tertiary alicyclic amines) is 2. The molecule has 0 unspecified atom stereocenters. The molecular formula is C32H49ClF6MgN4O2Si2. The van der Waals surface area contributed by atoms with Gasteiger partial charge in [-0.1, -0.05) is 57.1 Å². The van der Waals surface area contributed by atoms with E-state index in [1.54, 1.807) is 24.3 Å². The second kappa shape index (κ2) is 19.3. The number of anilines is 2. The number of nitrogens with two attached hydrogens (primary N) is 1. The molecule has 2 fully saturated rings. The van der Waals surface area contributed by atoms with Crippen molar-refractivity contribution < 1.29 is 48.7 Å². The monoisotopic (exact) mass is 750 g/mol. The van der Waals surface area contributed by atoms with E-state index < -0.39 is 47.5 Å². The van der Waals surface area contributed by atoms with Crippen LogP contribution in [0.2, 0.25) is 39.3 Å². The number of carbonyl (C=O) groups excluding carboxylic acids is 1. The van der Waals surface area contributed by atoms with Gasteiger partial charge < -0.3 is 27.5 Å². The zero-order chi connectivity index (χ0) is 35.0. The molecule has 2 aromatic carbocycles. The summed E-state index contributed by atoms with van der Waals surface area (Å²) in [4.78, 5) is 13.3. The summed E-state index contributed by atoms with van der Waals surface area (Å²) in [6.45, 7) is 13.6. The normalized spacial score (nSPS) is 17.4. The number of halogens is 7. The van der Waals surface area contributed by atoms with Gasteiger partial charge in [0.1, 0.15) is 22.3 Å². The Hall–Kier alpha value is -1.34. The summed E-state index contributed by atoms with van der Waals surface area (Å²) in [6.07, 6.45) is -7.24. The quantitative estimate of drug-likeness (QED) is 0.202. The summed E-state index contributed by atoms with van der Waals surface area (Å²) in [6, 6.07) is 18.5. The molecule has 4 rings (SSSR count). The van der Waals surface area contributed by atoms with Gasteiger partial charge in [-0.15, -0.1) is 0 Å². The summed E-state index contributed by atoms with van der Waals surface area (Å²) in [5.41, 5.74) is 7.17. The average molecular weight is 752 g/mol. The van der Waals surface area contributed by atoms with Crippen LogP contribution in [0.1, 0.15) is 31.2 Å². The molecule has 268 valence electrons. The first kappa shape index (κ1) is 46.7. The second-order valence-corrected chi connectivity index (χ2v) is 23.9. The molecule has 16 heteroatoms. The Labute approximate surface area is 306 Å². The number of benzene rings is 2. The summed E-state index contributed by atoms with van der Waals surface area (Å²) in [5.74, 6) is 0.0634. The maximum atomic E-state index is 12.3. The number of aliphatic hydroxyl groups is 1. The topological polar surface area (TPSA) is 73.0 Å². The van der Waals surface area contributed by atoms with Crippen LogP contribution in [0.5, 0.6) is 0 Å². The van der Waals surface area contributed by atoms with Crippen LogP contribution < -0.4 is 22.4 Å². The molecule has 3 N–H and O–H groups in total. The zero-order valence-electron chi connectivity index (χ0n) is 28.8. The van der Waals surface area contributed by atoms with Gasteiger partial charge >= 0.3 is 35.4 Å². The molecular weight excluding hydrogens is 702 g/mol. The predicted octanol–water partition coefficient (Wildman–Crippen LogP) is 3.91. The Morgan fingerprint density at radius 3 is 1.73 bits per heavy atom. The number of ketones is 1. The first-order valence-electron chi connectivity index (χ1n) is 15.4. The Bertz CT molecular complexity index is 1220. The third-order valence-electron chi connectivity index (χ3n) is 7.62. The fraction of sp³-hybridized carbons (Fsp3) is 0.594. The van der Waals surface area contributed by atoms with Gasteiger partial charge in [0.05, 0.1) is 18.7 Å². The van der Waals surface area contributed by atoms with Gasteiger partial charge in [0, 0.05) is 44.7 Å². The van der Waals surface area contributed by atoms with E-state index in [1.165, 1.54) is 15.5 Å². The van der Waals surface area contributed by atoms with Gasteiger partial charge in [0.25, 0.3) is 0 Å². The Balaban J connectivity index is 0.000000694. The smallest absolute Gasteiger partial charge is 1.00 e. The predicted molar refractivity (Wildman–Crippen MR) is 183 cm³/mol.